The van der Waals surface area contributed by atoms with Gasteiger partial charge in [-0.2, -0.15) is 0 Å². The number of benzene rings is 2. The number of hydrogen-bond donors (Lipinski definition) is 0. The van der Waals surface area contributed by atoms with E-state index in [0.29, 0.717) is 6.61 Å². The molecule has 0 bridgehead atoms. The molecular formula is C24H29N3O2. The van der Waals surface area contributed by atoms with Crippen LogP contribution in [0.2, 0.25) is 0 Å². The molecular weight excluding hydrogens is 362 g/mol. The molecule has 3 rings (SSSR count). The Morgan fingerprint density at radius 1 is 0.897 bits per heavy atom. The van der Waals surface area contributed by atoms with Gasteiger partial charge in [-0.05, 0) is 47.9 Å². The lowest BCUT2D eigenvalue weighted by Crippen LogP contribution is -2.03. The van der Waals surface area contributed by atoms with Crippen LogP contribution in [-0.2, 0) is 6.42 Å². The van der Waals surface area contributed by atoms with E-state index in [0.717, 1.165) is 46.7 Å². The van der Waals surface area contributed by atoms with Crippen molar-refractivity contribution in [2.45, 2.75) is 46.0 Å². The van der Waals surface area contributed by atoms with E-state index in [2.05, 4.69) is 47.5 Å². The Labute approximate surface area is 173 Å². The number of ether oxygens (including phenoxy) is 2. The van der Waals surface area contributed by atoms with Crippen molar-refractivity contribution in [3.8, 4) is 33.9 Å². The fourth-order valence-electron chi connectivity index (χ4n) is 3.38. The Morgan fingerprint density at radius 3 is 2.45 bits per heavy atom. The van der Waals surface area contributed by atoms with Crippen LogP contribution in [0, 0.1) is 0 Å². The first-order valence-corrected chi connectivity index (χ1v) is 10.4. The molecule has 3 aromatic rings. The van der Waals surface area contributed by atoms with Gasteiger partial charge < -0.3 is 9.47 Å². The zero-order chi connectivity index (χ0) is 20.5. The van der Waals surface area contributed by atoms with Crippen LogP contribution < -0.4 is 9.47 Å². The number of hydrogen-bond acceptors (Lipinski definition) is 5. The average molecular weight is 392 g/mol. The highest BCUT2D eigenvalue weighted by Crippen LogP contribution is 2.38. The number of para-hydroxylation sites is 1. The first-order valence-electron chi connectivity index (χ1n) is 10.4. The van der Waals surface area contributed by atoms with Crippen LogP contribution in [0.1, 0.15) is 45.1 Å². The molecule has 5 nitrogen and oxygen atoms in total. The van der Waals surface area contributed by atoms with Crippen molar-refractivity contribution in [3.05, 3.63) is 54.2 Å². The monoisotopic (exact) mass is 391 g/mol. The van der Waals surface area contributed by atoms with Crippen molar-refractivity contribution in [1.82, 2.24) is 15.4 Å². The Kier molecular flexibility index (Phi) is 7.56. The van der Waals surface area contributed by atoms with Crippen LogP contribution in [0.5, 0.6) is 11.5 Å². The molecule has 0 saturated heterocycles. The maximum Gasteiger partial charge on any atom is 0.130 e. The Bertz CT molecular complexity index is 910. The molecule has 0 N–H and O–H groups in total. The molecule has 0 radical (unpaired) electrons. The summed E-state index contributed by atoms with van der Waals surface area (Å²) in [6.45, 7) is 5.08. The maximum atomic E-state index is 6.29. The van der Waals surface area contributed by atoms with Gasteiger partial charge >= 0.3 is 0 Å². The minimum absolute atomic E-state index is 0.716. The van der Waals surface area contributed by atoms with E-state index in [9.17, 15) is 0 Å². The third kappa shape index (κ3) is 5.11. The summed E-state index contributed by atoms with van der Waals surface area (Å²) in [5.74, 6) is 1.73. The molecule has 2 aromatic carbocycles. The molecule has 0 amide bonds. The molecule has 0 aliphatic carbocycles. The smallest absolute Gasteiger partial charge is 0.130 e. The summed E-state index contributed by atoms with van der Waals surface area (Å²) in [7, 11) is 1.66. The SMILES string of the molecule is CCCCCCOc1c(CC)cccc1-c1cnnnc1-c1ccc(OC)cc1. The maximum absolute atomic E-state index is 6.29. The second-order valence-corrected chi connectivity index (χ2v) is 6.98. The molecule has 1 aromatic heterocycles. The fraction of sp³-hybridized carbons (Fsp3) is 0.375. The van der Waals surface area contributed by atoms with Gasteiger partial charge in [-0.1, -0.05) is 51.3 Å². The molecule has 0 atom stereocenters. The van der Waals surface area contributed by atoms with Gasteiger partial charge in [0.05, 0.1) is 19.9 Å². The van der Waals surface area contributed by atoms with Crippen LogP contribution in [0.4, 0.5) is 0 Å². The van der Waals surface area contributed by atoms with E-state index in [-0.39, 0.29) is 0 Å². The second-order valence-electron chi connectivity index (χ2n) is 6.98. The fourth-order valence-corrected chi connectivity index (χ4v) is 3.38. The third-order valence-corrected chi connectivity index (χ3v) is 5.01. The van der Waals surface area contributed by atoms with Gasteiger partial charge in [-0.25, -0.2) is 0 Å². The van der Waals surface area contributed by atoms with Gasteiger partial charge in [0, 0.05) is 16.7 Å². The number of unbranched alkanes of at least 4 members (excludes halogenated alkanes) is 3. The lowest BCUT2D eigenvalue weighted by molar-refractivity contribution is 0.303. The molecule has 0 saturated carbocycles. The van der Waals surface area contributed by atoms with E-state index >= 15 is 0 Å². The zero-order valence-electron chi connectivity index (χ0n) is 17.5. The van der Waals surface area contributed by atoms with Gasteiger partial charge in [0.25, 0.3) is 0 Å². The normalized spacial score (nSPS) is 10.7. The molecule has 0 unspecified atom stereocenters. The lowest BCUT2D eigenvalue weighted by Gasteiger charge is -2.17. The van der Waals surface area contributed by atoms with E-state index in [1.54, 1.807) is 13.3 Å². The van der Waals surface area contributed by atoms with Crippen molar-refractivity contribution in [1.29, 1.82) is 0 Å². The average Bonchev–Trinajstić information content (AvgIpc) is 2.79. The minimum atomic E-state index is 0.716. The van der Waals surface area contributed by atoms with Crippen LogP contribution in [0.15, 0.2) is 48.7 Å². The van der Waals surface area contributed by atoms with Crippen molar-refractivity contribution in [3.63, 3.8) is 0 Å². The topological polar surface area (TPSA) is 57.1 Å². The van der Waals surface area contributed by atoms with Crippen molar-refractivity contribution in [2.24, 2.45) is 0 Å². The summed E-state index contributed by atoms with van der Waals surface area (Å²) in [4.78, 5) is 0. The van der Waals surface area contributed by atoms with Gasteiger partial charge in [0.15, 0.2) is 0 Å². The van der Waals surface area contributed by atoms with Crippen molar-refractivity contribution < 1.29 is 9.47 Å². The van der Waals surface area contributed by atoms with Crippen molar-refractivity contribution in [2.75, 3.05) is 13.7 Å². The largest absolute Gasteiger partial charge is 0.497 e. The van der Waals surface area contributed by atoms with E-state index < -0.39 is 0 Å². The number of rotatable bonds is 10. The standard InChI is InChI=1S/C24H29N3O2/c1-4-6-7-8-16-29-24-18(5-2)10-9-11-21(24)22-17-25-27-26-23(22)19-12-14-20(28-3)15-13-19/h9-15,17H,4-8,16H2,1-3H3. The lowest BCUT2D eigenvalue weighted by atomic mass is 9.97. The van der Waals surface area contributed by atoms with E-state index in [4.69, 9.17) is 9.47 Å². The van der Waals surface area contributed by atoms with Gasteiger partial charge in [-0.15, -0.1) is 10.2 Å². The van der Waals surface area contributed by atoms with Gasteiger partial charge in [-0.3, -0.25) is 0 Å². The molecule has 0 fully saturated rings. The minimum Gasteiger partial charge on any atom is -0.497 e. The molecule has 0 aliphatic rings. The summed E-state index contributed by atoms with van der Waals surface area (Å²) in [5, 5.41) is 12.3. The van der Waals surface area contributed by atoms with Crippen LogP contribution in [0.3, 0.4) is 0 Å². The van der Waals surface area contributed by atoms with E-state index in [1.807, 2.05) is 24.3 Å². The number of aryl methyl sites for hydroxylation is 1. The summed E-state index contributed by atoms with van der Waals surface area (Å²) in [6.07, 6.45) is 7.38. The van der Waals surface area contributed by atoms with Crippen LogP contribution >= 0.6 is 0 Å². The Morgan fingerprint density at radius 2 is 1.72 bits per heavy atom. The highest BCUT2D eigenvalue weighted by molar-refractivity contribution is 5.83. The second kappa shape index (κ2) is 10.6. The summed E-state index contributed by atoms with van der Waals surface area (Å²) < 4.78 is 11.6. The first-order chi connectivity index (χ1) is 14.3. The van der Waals surface area contributed by atoms with Crippen LogP contribution in [0.25, 0.3) is 22.4 Å². The summed E-state index contributed by atoms with van der Waals surface area (Å²) in [5.41, 5.74) is 4.87. The van der Waals surface area contributed by atoms with Crippen LogP contribution in [-0.4, -0.2) is 29.1 Å². The van der Waals surface area contributed by atoms with Crippen molar-refractivity contribution >= 4 is 0 Å². The third-order valence-electron chi connectivity index (χ3n) is 5.01. The summed E-state index contributed by atoms with van der Waals surface area (Å²) >= 11 is 0. The number of nitrogens with zero attached hydrogens (tertiary/aromatic N) is 3. The predicted octanol–water partition coefficient (Wildman–Crippen LogP) is 5.74. The van der Waals surface area contributed by atoms with E-state index in [1.165, 1.54) is 24.8 Å². The molecule has 0 spiro atoms. The highest BCUT2D eigenvalue weighted by Gasteiger charge is 2.17. The predicted molar refractivity (Wildman–Crippen MR) is 116 cm³/mol. The first kappa shape index (κ1) is 20.8. The van der Waals surface area contributed by atoms with Gasteiger partial charge in [0.1, 0.15) is 17.2 Å². The Hall–Kier alpha value is -2.95. The Balaban J connectivity index is 1.97. The molecule has 5 heteroatoms. The zero-order valence-corrected chi connectivity index (χ0v) is 17.5. The molecule has 1 heterocycles. The number of aromatic nitrogens is 3. The molecule has 152 valence electrons. The number of methoxy groups -OCH3 is 1. The molecule has 0 aliphatic heterocycles. The summed E-state index contributed by atoms with van der Waals surface area (Å²) in [6, 6.07) is 14.1. The quantitative estimate of drug-likeness (QED) is 0.413. The van der Waals surface area contributed by atoms with Gasteiger partial charge in [0.2, 0.25) is 0 Å². The highest BCUT2D eigenvalue weighted by atomic mass is 16.5. The molecule has 29 heavy (non-hydrogen) atoms.